The molecule has 0 aromatic heterocycles. The minimum atomic E-state index is -0.264. The lowest BCUT2D eigenvalue weighted by atomic mass is 10.2. The van der Waals surface area contributed by atoms with Crippen LogP contribution in [0, 0.1) is 5.82 Å². The SMILES string of the molecule is CN1CCN(c2ccc(NC(=S)N=C(N)SCC3=CC=CC3)cc2F)CC1. The fourth-order valence-electron chi connectivity index (χ4n) is 2.94. The number of hydrogen-bond donors (Lipinski definition) is 2. The van der Waals surface area contributed by atoms with Gasteiger partial charge in [-0.2, -0.15) is 4.99 Å². The number of hydrogen-bond acceptors (Lipinski definition) is 4. The number of halogens is 1. The molecule has 1 heterocycles. The third-order valence-electron chi connectivity index (χ3n) is 4.51. The molecule has 0 saturated carbocycles. The van der Waals surface area contributed by atoms with Crippen LogP contribution in [0.3, 0.4) is 0 Å². The molecule has 5 nitrogen and oxygen atoms in total. The second-order valence-corrected chi connectivity index (χ2v) is 7.96. The zero-order valence-electron chi connectivity index (χ0n) is 15.3. The maximum atomic E-state index is 14.5. The average Bonchev–Trinajstić information content (AvgIpc) is 3.15. The van der Waals surface area contributed by atoms with Crippen LogP contribution in [0.25, 0.3) is 0 Å². The first-order valence-electron chi connectivity index (χ1n) is 8.87. The van der Waals surface area contributed by atoms with Crippen LogP contribution in [-0.4, -0.2) is 54.2 Å². The van der Waals surface area contributed by atoms with Gasteiger partial charge in [0.05, 0.1) is 5.69 Å². The molecule has 3 rings (SSSR count). The lowest BCUT2D eigenvalue weighted by Crippen LogP contribution is -2.44. The van der Waals surface area contributed by atoms with Gasteiger partial charge in [0.1, 0.15) is 5.82 Å². The molecule has 0 radical (unpaired) electrons. The number of nitrogens with one attached hydrogen (secondary N) is 1. The van der Waals surface area contributed by atoms with Crippen molar-refractivity contribution in [1.29, 1.82) is 0 Å². The van der Waals surface area contributed by atoms with Gasteiger partial charge in [-0.05, 0) is 43.9 Å². The number of aliphatic imine (C=N–C) groups is 1. The van der Waals surface area contributed by atoms with E-state index in [0.717, 1.165) is 38.4 Å². The summed E-state index contributed by atoms with van der Waals surface area (Å²) in [5, 5.41) is 3.56. The average molecular weight is 406 g/mol. The van der Waals surface area contributed by atoms with Gasteiger partial charge in [0.2, 0.25) is 0 Å². The monoisotopic (exact) mass is 405 g/mol. The Morgan fingerprint density at radius 1 is 1.33 bits per heavy atom. The van der Waals surface area contributed by atoms with Crippen molar-refractivity contribution in [2.45, 2.75) is 6.42 Å². The van der Waals surface area contributed by atoms with Gasteiger partial charge in [-0.15, -0.1) is 0 Å². The molecule has 144 valence electrons. The second kappa shape index (κ2) is 9.34. The van der Waals surface area contributed by atoms with Crippen molar-refractivity contribution < 1.29 is 4.39 Å². The smallest absolute Gasteiger partial charge is 0.199 e. The predicted molar refractivity (Wildman–Crippen MR) is 118 cm³/mol. The van der Waals surface area contributed by atoms with Crippen LogP contribution in [0.1, 0.15) is 6.42 Å². The molecule has 1 aliphatic heterocycles. The molecule has 1 aromatic carbocycles. The van der Waals surface area contributed by atoms with Gasteiger partial charge in [-0.25, -0.2) is 4.39 Å². The van der Waals surface area contributed by atoms with E-state index >= 15 is 0 Å². The molecule has 0 unspecified atom stereocenters. The molecule has 3 N–H and O–H groups in total. The number of nitrogens with zero attached hydrogens (tertiary/aromatic N) is 3. The van der Waals surface area contributed by atoms with Crippen LogP contribution >= 0.6 is 24.0 Å². The Morgan fingerprint density at radius 2 is 2.11 bits per heavy atom. The van der Waals surface area contributed by atoms with E-state index in [4.69, 9.17) is 18.0 Å². The van der Waals surface area contributed by atoms with Crippen molar-refractivity contribution >= 4 is 45.6 Å². The lowest BCUT2D eigenvalue weighted by Gasteiger charge is -2.34. The molecular formula is C19H24FN5S2. The number of thioether (sulfide) groups is 1. The summed E-state index contributed by atoms with van der Waals surface area (Å²) >= 11 is 6.66. The predicted octanol–water partition coefficient (Wildman–Crippen LogP) is 3.21. The molecule has 1 aromatic rings. The van der Waals surface area contributed by atoms with E-state index in [1.54, 1.807) is 6.07 Å². The topological polar surface area (TPSA) is 56.9 Å². The number of rotatable bonds is 4. The minimum absolute atomic E-state index is 0.227. The Labute approximate surface area is 169 Å². The first-order chi connectivity index (χ1) is 13.0. The fraction of sp³-hybridized carbons (Fsp3) is 0.368. The molecule has 0 amide bonds. The van der Waals surface area contributed by atoms with E-state index in [-0.39, 0.29) is 10.9 Å². The number of anilines is 2. The van der Waals surface area contributed by atoms with E-state index in [1.165, 1.54) is 23.4 Å². The van der Waals surface area contributed by atoms with Crippen LogP contribution in [0.4, 0.5) is 15.8 Å². The molecule has 8 heteroatoms. The first-order valence-corrected chi connectivity index (χ1v) is 10.3. The highest BCUT2D eigenvalue weighted by Gasteiger charge is 2.17. The molecule has 0 bridgehead atoms. The molecule has 1 saturated heterocycles. The molecule has 2 aliphatic rings. The van der Waals surface area contributed by atoms with Gasteiger partial charge < -0.3 is 20.9 Å². The van der Waals surface area contributed by atoms with Crippen molar-refractivity contribution in [3.8, 4) is 0 Å². The number of nitrogens with two attached hydrogens (primary N) is 1. The minimum Gasteiger partial charge on any atom is -0.378 e. The van der Waals surface area contributed by atoms with Gasteiger partial charge in [0, 0.05) is 37.6 Å². The standard InChI is InChI=1S/C19H24FN5S2/c1-24-8-10-25(11-9-24)17-7-6-15(12-16(17)20)22-19(26)23-18(21)27-13-14-4-2-3-5-14/h2-4,6-7,12H,5,8-11,13H2,1H3,(H3,21,22,23,26). The zero-order valence-corrected chi connectivity index (χ0v) is 17.0. The van der Waals surface area contributed by atoms with Crippen molar-refractivity contribution in [2.24, 2.45) is 10.7 Å². The molecule has 0 spiro atoms. The fourth-order valence-corrected chi connectivity index (χ4v) is 3.91. The van der Waals surface area contributed by atoms with E-state index in [1.807, 2.05) is 12.1 Å². The summed E-state index contributed by atoms with van der Waals surface area (Å²) < 4.78 is 14.5. The summed E-state index contributed by atoms with van der Waals surface area (Å²) in [6, 6.07) is 5.05. The number of allylic oxidation sites excluding steroid dienone is 3. The van der Waals surface area contributed by atoms with Crippen molar-refractivity contribution in [3.63, 3.8) is 0 Å². The number of amidine groups is 1. The summed E-state index contributed by atoms with van der Waals surface area (Å²) in [5.41, 5.74) is 8.42. The van der Waals surface area contributed by atoms with E-state index < -0.39 is 0 Å². The number of benzene rings is 1. The quantitative estimate of drug-likeness (QED) is 0.456. The summed E-state index contributed by atoms with van der Waals surface area (Å²) in [7, 11) is 2.08. The first kappa shape index (κ1) is 19.9. The van der Waals surface area contributed by atoms with E-state index in [2.05, 4.69) is 39.3 Å². The second-order valence-electron chi connectivity index (χ2n) is 6.58. The normalized spacial score (nSPS) is 17.9. The van der Waals surface area contributed by atoms with Gasteiger partial charge in [-0.3, -0.25) is 0 Å². The van der Waals surface area contributed by atoms with Crippen molar-refractivity contribution in [3.05, 3.63) is 47.8 Å². The number of thiocarbonyl (C=S) groups is 1. The summed E-state index contributed by atoms with van der Waals surface area (Å²) in [6.07, 6.45) is 7.19. The van der Waals surface area contributed by atoms with Crippen molar-refractivity contribution in [2.75, 3.05) is 49.2 Å². The molecule has 1 aliphatic carbocycles. The Bertz CT molecular complexity index is 782. The molecular weight excluding hydrogens is 381 g/mol. The van der Waals surface area contributed by atoms with E-state index in [9.17, 15) is 4.39 Å². The van der Waals surface area contributed by atoms with Gasteiger partial charge >= 0.3 is 0 Å². The highest BCUT2D eigenvalue weighted by Crippen LogP contribution is 2.24. The molecule has 1 fully saturated rings. The maximum absolute atomic E-state index is 14.5. The third-order valence-corrected chi connectivity index (χ3v) is 5.60. The maximum Gasteiger partial charge on any atom is 0.199 e. The largest absolute Gasteiger partial charge is 0.378 e. The lowest BCUT2D eigenvalue weighted by molar-refractivity contribution is 0.311. The summed E-state index contributed by atoms with van der Waals surface area (Å²) in [5.74, 6) is 0.526. The third kappa shape index (κ3) is 5.79. The van der Waals surface area contributed by atoms with Crippen LogP contribution in [0.15, 0.2) is 47.0 Å². The van der Waals surface area contributed by atoms with Crippen LogP contribution in [-0.2, 0) is 0 Å². The Kier molecular flexibility index (Phi) is 6.87. The van der Waals surface area contributed by atoms with Crippen molar-refractivity contribution in [1.82, 2.24) is 4.90 Å². The highest BCUT2D eigenvalue weighted by atomic mass is 32.2. The van der Waals surface area contributed by atoms with Gasteiger partial charge in [0.25, 0.3) is 0 Å². The molecule has 27 heavy (non-hydrogen) atoms. The zero-order chi connectivity index (χ0) is 19.2. The van der Waals surface area contributed by atoms with Crippen LogP contribution in [0.5, 0.6) is 0 Å². The van der Waals surface area contributed by atoms with Gasteiger partial charge in [0.15, 0.2) is 10.3 Å². The molecule has 0 atom stereocenters. The van der Waals surface area contributed by atoms with Crippen LogP contribution < -0.4 is 16.0 Å². The summed E-state index contributed by atoms with van der Waals surface area (Å²) in [4.78, 5) is 8.48. The number of piperazine rings is 1. The number of likely N-dealkylation sites (N-methyl/N-ethyl adjacent to an activating group) is 1. The van der Waals surface area contributed by atoms with E-state index in [0.29, 0.717) is 16.5 Å². The summed E-state index contributed by atoms with van der Waals surface area (Å²) in [6.45, 7) is 3.51. The highest BCUT2D eigenvalue weighted by molar-refractivity contribution is 8.14. The Balaban J connectivity index is 1.54. The Morgan fingerprint density at radius 3 is 2.78 bits per heavy atom. The van der Waals surface area contributed by atoms with Gasteiger partial charge in [-0.1, -0.05) is 35.6 Å². The van der Waals surface area contributed by atoms with Crippen LogP contribution in [0.2, 0.25) is 0 Å². The Hall–Kier alpha value is -1.90.